The van der Waals surface area contributed by atoms with E-state index >= 15 is 0 Å². The molecule has 2 rings (SSSR count). The molecule has 0 aliphatic rings. The maximum Gasteiger partial charge on any atom is 0.140 e. The Morgan fingerprint density at radius 1 is 1.17 bits per heavy atom. The van der Waals surface area contributed by atoms with E-state index in [2.05, 4.69) is 0 Å². The molecule has 0 aliphatic carbocycles. The Labute approximate surface area is 112 Å². The van der Waals surface area contributed by atoms with Gasteiger partial charge in [0.25, 0.3) is 0 Å². The second kappa shape index (κ2) is 5.69. The van der Waals surface area contributed by atoms with Crippen molar-refractivity contribution in [2.24, 2.45) is 0 Å². The zero-order chi connectivity index (χ0) is 13.1. The first-order chi connectivity index (χ1) is 8.61. The lowest BCUT2D eigenvalue weighted by atomic mass is 10.2. The van der Waals surface area contributed by atoms with Crippen molar-refractivity contribution in [3.63, 3.8) is 0 Å². The van der Waals surface area contributed by atoms with Crippen molar-refractivity contribution < 1.29 is 13.9 Å². The van der Waals surface area contributed by atoms with E-state index in [1.54, 1.807) is 18.2 Å². The van der Waals surface area contributed by atoms with Gasteiger partial charge in [0, 0.05) is 15.9 Å². The Bertz CT molecular complexity index is 575. The molecule has 0 unspecified atom stereocenters. The molecule has 0 aromatic heterocycles. The van der Waals surface area contributed by atoms with E-state index in [1.165, 1.54) is 12.1 Å². The van der Waals surface area contributed by atoms with Crippen molar-refractivity contribution in [3.8, 4) is 0 Å². The molecule has 0 atom stereocenters. The molecule has 0 fully saturated rings. The zero-order valence-corrected chi connectivity index (χ0v) is 10.7. The lowest BCUT2D eigenvalue weighted by Gasteiger charge is -2.09. The zero-order valence-electron chi connectivity index (χ0n) is 9.16. The highest BCUT2D eigenvalue weighted by Gasteiger charge is 2.11. The largest absolute Gasteiger partial charge is 0.392 e. The number of benzene rings is 2. The van der Waals surface area contributed by atoms with Crippen LogP contribution in [0.5, 0.6) is 0 Å². The Kier molecular flexibility index (Phi) is 4.22. The van der Waals surface area contributed by atoms with E-state index < -0.39 is 11.6 Å². The maximum absolute atomic E-state index is 13.5. The molecule has 2 aromatic rings. The molecule has 0 bridgehead atoms. The van der Waals surface area contributed by atoms with Gasteiger partial charge in [0.05, 0.1) is 11.6 Å². The highest BCUT2D eigenvalue weighted by atomic mass is 35.5. The molecule has 1 nitrogen and oxygen atoms in total. The van der Waals surface area contributed by atoms with E-state index in [-0.39, 0.29) is 11.5 Å². The van der Waals surface area contributed by atoms with Crippen LogP contribution in [-0.2, 0) is 6.61 Å². The van der Waals surface area contributed by atoms with Gasteiger partial charge in [0.15, 0.2) is 0 Å². The first-order valence-corrected chi connectivity index (χ1v) is 6.32. The molecule has 0 saturated heterocycles. The highest BCUT2D eigenvalue weighted by Crippen LogP contribution is 2.37. The average Bonchev–Trinajstić information content (AvgIpc) is 2.34. The van der Waals surface area contributed by atoms with Crippen LogP contribution in [0.25, 0.3) is 0 Å². The van der Waals surface area contributed by atoms with Crippen LogP contribution in [0.4, 0.5) is 8.78 Å². The SMILES string of the molecule is OCc1cccc(Cl)c1Sc1ccc(F)cc1F. The monoisotopic (exact) mass is 286 g/mol. The van der Waals surface area contributed by atoms with E-state index in [9.17, 15) is 13.9 Å². The highest BCUT2D eigenvalue weighted by molar-refractivity contribution is 7.99. The number of aliphatic hydroxyl groups excluding tert-OH is 1. The summed E-state index contributed by atoms with van der Waals surface area (Å²) in [6.07, 6.45) is 0. The number of aliphatic hydroxyl groups is 1. The minimum Gasteiger partial charge on any atom is -0.392 e. The Morgan fingerprint density at radius 2 is 1.94 bits per heavy atom. The van der Waals surface area contributed by atoms with Crippen molar-refractivity contribution >= 4 is 23.4 Å². The molecule has 94 valence electrons. The molecular formula is C13H9ClF2OS. The predicted octanol–water partition coefficient (Wildman–Crippen LogP) is 4.26. The Morgan fingerprint density at radius 3 is 2.61 bits per heavy atom. The Balaban J connectivity index is 2.39. The van der Waals surface area contributed by atoms with E-state index in [1.807, 2.05) is 0 Å². The molecule has 0 spiro atoms. The molecule has 2 aromatic carbocycles. The van der Waals surface area contributed by atoms with Crippen LogP contribution in [0.1, 0.15) is 5.56 Å². The third-order valence-corrected chi connectivity index (χ3v) is 3.99. The van der Waals surface area contributed by atoms with Crippen molar-refractivity contribution in [2.75, 3.05) is 0 Å². The molecule has 0 heterocycles. The van der Waals surface area contributed by atoms with Gasteiger partial charge in [0.1, 0.15) is 11.6 Å². The summed E-state index contributed by atoms with van der Waals surface area (Å²) in [7, 11) is 0. The molecule has 18 heavy (non-hydrogen) atoms. The average molecular weight is 287 g/mol. The second-order valence-electron chi connectivity index (χ2n) is 3.56. The van der Waals surface area contributed by atoms with Crippen LogP contribution < -0.4 is 0 Å². The standard InChI is InChI=1S/C13H9ClF2OS/c14-10-3-1-2-8(7-17)13(10)18-12-5-4-9(15)6-11(12)16/h1-6,17H,7H2. The molecule has 0 aliphatic heterocycles. The second-order valence-corrected chi connectivity index (χ2v) is 5.02. The number of halogens is 3. The summed E-state index contributed by atoms with van der Waals surface area (Å²) < 4.78 is 26.3. The molecule has 5 heteroatoms. The topological polar surface area (TPSA) is 20.2 Å². The molecule has 0 saturated carbocycles. The third-order valence-electron chi connectivity index (χ3n) is 2.32. The van der Waals surface area contributed by atoms with Gasteiger partial charge in [-0.25, -0.2) is 8.78 Å². The van der Waals surface area contributed by atoms with Gasteiger partial charge in [-0.3, -0.25) is 0 Å². The van der Waals surface area contributed by atoms with Gasteiger partial charge in [0.2, 0.25) is 0 Å². The summed E-state index contributed by atoms with van der Waals surface area (Å²) in [4.78, 5) is 0.839. The summed E-state index contributed by atoms with van der Waals surface area (Å²) in [5, 5.41) is 9.63. The lowest BCUT2D eigenvalue weighted by molar-refractivity contribution is 0.279. The Hall–Kier alpha value is -1.10. The first kappa shape index (κ1) is 13.3. The first-order valence-electron chi connectivity index (χ1n) is 5.13. The summed E-state index contributed by atoms with van der Waals surface area (Å²) in [6, 6.07) is 8.41. The third kappa shape index (κ3) is 2.83. The number of hydrogen-bond donors (Lipinski definition) is 1. The summed E-state index contributed by atoms with van der Waals surface area (Å²) in [5.41, 5.74) is 0.608. The van der Waals surface area contributed by atoms with E-state index in [0.717, 1.165) is 17.8 Å². The molecular weight excluding hydrogens is 278 g/mol. The number of hydrogen-bond acceptors (Lipinski definition) is 2. The summed E-state index contributed by atoms with van der Waals surface area (Å²) in [5.74, 6) is -1.28. The van der Waals surface area contributed by atoms with E-state index in [4.69, 9.17) is 11.6 Å². The minimum atomic E-state index is -0.649. The predicted molar refractivity (Wildman–Crippen MR) is 67.9 cm³/mol. The van der Waals surface area contributed by atoms with Gasteiger partial charge < -0.3 is 5.11 Å². The molecule has 0 amide bonds. The fraction of sp³-hybridized carbons (Fsp3) is 0.0769. The van der Waals surface area contributed by atoms with Gasteiger partial charge >= 0.3 is 0 Å². The maximum atomic E-state index is 13.5. The molecule has 0 radical (unpaired) electrons. The van der Waals surface area contributed by atoms with Gasteiger partial charge in [-0.2, -0.15) is 0 Å². The smallest absolute Gasteiger partial charge is 0.140 e. The van der Waals surface area contributed by atoms with Gasteiger partial charge in [-0.05, 0) is 23.8 Å². The van der Waals surface area contributed by atoms with Crippen molar-refractivity contribution in [1.82, 2.24) is 0 Å². The summed E-state index contributed by atoms with van der Waals surface area (Å²) in [6.45, 7) is -0.189. The van der Waals surface area contributed by atoms with Crippen molar-refractivity contribution in [2.45, 2.75) is 16.4 Å². The fourth-order valence-electron chi connectivity index (χ4n) is 1.46. The quantitative estimate of drug-likeness (QED) is 0.910. The number of rotatable bonds is 3. The fourth-order valence-corrected chi connectivity index (χ4v) is 2.71. The normalized spacial score (nSPS) is 10.7. The van der Waals surface area contributed by atoms with Gasteiger partial charge in [-0.15, -0.1) is 0 Å². The van der Waals surface area contributed by atoms with Crippen molar-refractivity contribution in [3.05, 3.63) is 58.6 Å². The van der Waals surface area contributed by atoms with Crippen LogP contribution in [0.15, 0.2) is 46.2 Å². The molecule has 1 N–H and O–H groups in total. The minimum absolute atomic E-state index is 0.189. The van der Waals surface area contributed by atoms with Crippen molar-refractivity contribution in [1.29, 1.82) is 0 Å². The van der Waals surface area contributed by atoms with Crippen LogP contribution in [0.3, 0.4) is 0 Å². The van der Waals surface area contributed by atoms with Crippen LogP contribution in [0, 0.1) is 11.6 Å². The van der Waals surface area contributed by atoms with Crippen LogP contribution in [-0.4, -0.2) is 5.11 Å². The van der Waals surface area contributed by atoms with Crippen LogP contribution >= 0.6 is 23.4 Å². The van der Waals surface area contributed by atoms with Crippen LogP contribution in [0.2, 0.25) is 5.02 Å². The van der Waals surface area contributed by atoms with E-state index in [0.29, 0.717) is 15.5 Å². The summed E-state index contributed by atoms with van der Waals surface area (Å²) >= 11 is 7.08. The van der Waals surface area contributed by atoms with Gasteiger partial charge in [-0.1, -0.05) is 35.5 Å². The lowest BCUT2D eigenvalue weighted by Crippen LogP contribution is -1.90.